The normalized spacial score (nSPS) is 13.0. The van der Waals surface area contributed by atoms with E-state index in [1.165, 1.54) is 7.11 Å². The van der Waals surface area contributed by atoms with Gasteiger partial charge in [-0.25, -0.2) is 4.79 Å². The Labute approximate surface area is 156 Å². The predicted octanol–water partition coefficient (Wildman–Crippen LogP) is 3.66. The third kappa shape index (κ3) is 4.95. The Hall–Kier alpha value is -2.08. The lowest BCUT2D eigenvalue weighted by molar-refractivity contribution is -0.123. The summed E-state index contributed by atoms with van der Waals surface area (Å²) in [6.07, 6.45) is 0. The minimum Gasteiger partial charge on any atom is -0.465 e. The fourth-order valence-corrected chi connectivity index (χ4v) is 2.86. The van der Waals surface area contributed by atoms with Crippen LogP contribution >= 0.6 is 23.2 Å². The Balaban J connectivity index is 2.07. The molecule has 7 heteroatoms. The molecule has 2 unspecified atom stereocenters. The van der Waals surface area contributed by atoms with Crippen LogP contribution < -0.4 is 11.1 Å². The van der Waals surface area contributed by atoms with Crippen LogP contribution in [0.15, 0.2) is 42.5 Å². The number of hydrogen-bond acceptors (Lipinski definition) is 4. The molecular weight excluding hydrogens is 363 g/mol. The van der Waals surface area contributed by atoms with E-state index in [1.807, 2.05) is 6.92 Å². The highest BCUT2D eigenvalue weighted by atomic mass is 35.5. The van der Waals surface area contributed by atoms with Crippen molar-refractivity contribution in [2.24, 2.45) is 5.73 Å². The molecule has 0 bridgehead atoms. The van der Waals surface area contributed by atoms with Gasteiger partial charge in [-0.05, 0) is 48.4 Å². The summed E-state index contributed by atoms with van der Waals surface area (Å²) >= 11 is 11.9. The number of nitrogens with one attached hydrogen (secondary N) is 1. The number of nitrogens with two attached hydrogens (primary N) is 1. The molecule has 0 saturated heterocycles. The molecule has 2 rings (SSSR count). The first kappa shape index (κ1) is 19.2. The van der Waals surface area contributed by atoms with Crippen LogP contribution in [0.25, 0.3) is 0 Å². The first-order valence-corrected chi connectivity index (χ1v) is 8.27. The van der Waals surface area contributed by atoms with Crippen molar-refractivity contribution >= 4 is 35.1 Å². The highest BCUT2D eigenvalue weighted by Crippen LogP contribution is 2.23. The third-order valence-electron chi connectivity index (χ3n) is 3.72. The zero-order chi connectivity index (χ0) is 18.6. The summed E-state index contributed by atoms with van der Waals surface area (Å²) < 4.78 is 4.65. The summed E-state index contributed by atoms with van der Waals surface area (Å²) in [5, 5.41) is 3.66. The summed E-state index contributed by atoms with van der Waals surface area (Å²) in [5.74, 6) is -0.772. The molecule has 0 aliphatic rings. The molecule has 2 aromatic carbocycles. The van der Waals surface area contributed by atoms with E-state index in [0.717, 1.165) is 5.56 Å². The van der Waals surface area contributed by atoms with E-state index in [4.69, 9.17) is 28.9 Å². The van der Waals surface area contributed by atoms with E-state index in [-0.39, 0.29) is 11.9 Å². The molecule has 0 heterocycles. The SMILES string of the molecule is COC(=O)c1ccc(C(C)NC(=O)C(N)c2cc(Cl)cc(Cl)c2)cc1. The van der Waals surface area contributed by atoms with Crippen LogP contribution in [-0.4, -0.2) is 19.0 Å². The monoisotopic (exact) mass is 380 g/mol. The number of carbonyl (C=O) groups excluding carboxylic acids is 2. The van der Waals surface area contributed by atoms with Crippen LogP contribution in [0.5, 0.6) is 0 Å². The average Bonchev–Trinajstić information content (AvgIpc) is 2.59. The molecule has 1 amide bonds. The summed E-state index contributed by atoms with van der Waals surface area (Å²) in [6, 6.07) is 10.4. The lowest BCUT2D eigenvalue weighted by atomic mass is 10.0. The van der Waals surface area contributed by atoms with E-state index in [1.54, 1.807) is 42.5 Å². The van der Waals surface area contributed by atoms with Crippen molar-refractivity contribution in [3.63, 3.8) is 0 Å². The van der Waals surface area contributed by atoms with Gasteiger partial charge in [-0.2, -0.15) is 0 Å². The van der Waals surface area contributed by atoms with Crippen LogP contribution in [0.3, 0.4) is 0 Å². The van der Waals surface area contributed by atoms with Gasteiger partial charge in [0.05, 0.1) is 18.7 Å². The molecule has 0 spiro atoms. The summed E-state index contributed by atoms with van der Waals surface area (Å²) in [6.45, 7) is 1.82. The molecule has 0 aliphatic carbocycles. The number of benzene rings is 2. The van der Waals surface area contributed by atoms with Crippen LogP contribution in [0.2, 0.25) is 10.0 Å². The fraction of sp³-hybridized carbons (Fsp3) is 0.222. The lowest BCUT2D eigenvalue weighted by Gasteiger charge is -2.18. The van der Waals surface area contributed by atoms with Crippen molar-refractivity contribution in [2.75, 3.05) is 7.11 Å². The number of carbonyl (C=O) groups is 2. The maximum absolute atomic E-state index is 12.4. The number of halogens is 2. The van der Waals surface area contributed by atoms with Crippen LogP contribution in [0, 0.1) is 0 Å². The highest BCUT2D eigenvalue weighted by Gasteiger charge is 2.19. The van der Waals surface area contributed by atoms with E-state index < -0.39 is 12.0 Å². The Morgan fingerprint density at radius 1 is 1.04 bits per heavy atom. The summed E-state index contributed by atoms with van der Waals surface area (Å²) in [7, 11) is 1.32. The van der Waals surface area contributed by atoms with Gasteiger partial charge in [0.25, 0.3) is 0 Å². The van der Waals surface area contributed by atoms with Gasteiger partial charge in [-0.15, -0.1) is 0 Å². The molecule has 3 N–H and O–H groups in total. The first-order valence-electron chi connectivity index (χ1n) is 7.52. The van der Waals surface area contributed by atoms with E-state index in [2.05, 4.69) is 10.1 Å². The number of rotatable bonds is 5. The lowest BCUT2D eigenvalue weighted by Crippen LogP contribution is -2.35. The van der Waals surface area contributed by atoms with Gasteiger partial charge in [-0.1, -0.05) is 35.3 Å². The minimum atomic E-state index is -0.895. The summed E-state index contributed by atoms with van der Waals surface area (Å²) in [4.78, 5) is 23.8. The van der Waals surface area contributed by atoms with Crippen molar-refractivity contribution in [3.05, 3.63) is 69.2 Å². The minimum absolute atomic E-state index is 0.292. The molecule has 0 aromatic heterocycles. The maximum Gasteiger partial charge on any atom is 0.337 e. The van der Waals surface area contributed by atoms with Crippen LogP contribution in [0.1, 0.15) is 40.5 Å². The molecule has 0 saturated carbocycles. The number of amides is 1. The van der Waals surface area contributed by atoms with Crippen molar-refractivity contribution < 1.29 is 14.3 Å². The van der Waals surface area contributed by atoms with E-state index in [0.29, 0.717) is 21.2 Å². The van der Waals surface area contributed by atoms with Gasteiger partial charge in [0.2, 0.25) is 5.91 Å². The third-order valence-corrected chi connectivity index (χ3v) is 4.15. The van der Waals surface area contributed by atoms with E-state index in [9.17, 15) is 9.59 Å². The van der Waals surface area contributed by atoms with E-state index >= 15 is 0 Å². The van der Waals surface area contributed by atoms with Crippen molar-refractivity contribution in [1.82, 2.24) is 5.32 Å². The summed E-state index contributed by atoms with van der Waals surface area (Å²) in [5.41, 5.74) is 7.80. The highest BCUT2D eigenvalue weighted by molar-refractivity contribution is 6.34. The predicted molar refractivity (Wildman–Crippen MR) is 97.7 cm³/mol. The molecular formula is C18H18Cl2N2O3. The average molecular weight is 381 g/mol. The molecule has 0 fully saturated rings. The Morgan fingerprint density at radius 3 is 2.12 bits per heavy atom. The molecule has 132 valence electrons. The molecule has 25 heavy (non-hydrogen) atoms. The van der Waals surface area contributed by atoms with Gasteiger partial charge in [0, 0.05) is 10.0 Å². The number of ether oxygens (including phenoxy) is 1. The van der Waals surface area contributed by atoms with Gasteiger partial charge in [-0.3, -0.25) is 4.79 Å². The Kier molecular flexibility index (Phi) is 6.42. The molecule has 0 aliphatic heterocycles. The Bertz CT molecular complexity index is 758. The van der Waals surface area contributed by atoms with Gasteiger partial charge in [0.1, 0.15) is 6.04 Å². The molecule has 2 aromatic rings. The zero-order valence-corrected chi connectivity index (χ0v) is 15.3. The van der Waals surface area contributed by atoms with Gasteiger partial charge >= 0.3 is 5.97 Å². The van der Waals surface area contributed by atoms with Crippen LogP contribution in [0.4, 0.5) is 0 Å². The molecule has 0 radical (unpaired) electrons. The number of esters is 1. The molecule has 5 nitrogen and oxygen atoms in total. The standard InChI is InChI=1S/C18H18Cl2N2O3/c1-10(11-3-5-12(6-4-11)18(24)25-2)22-17(23)16(21)13-7-14(19)9-15(20)8-13/h3-10,16H,21H2,1-2H3,(H,22,23). The largest absolute Gasteiger partial charge is 0.465 e. The fourth-order valence-electron chi connectivity index (χ4n) is 2.32. The van der Waals surface area contributed by atoms with Gasteiger partial charge < -0.3 is 15.8 Å². The second-order valence-corrected chi connectivity index (χ2v) is 6.40. The second kappa shape index (κ2) is 8.34. The number of methoxy groups -OCH3 is 1. The quantitative estimate of drug-likeness (QED) is 0.775. The smallest absolute Gasteiger partial charge is 0.337 e. The van der Waals surface area contributed by atoms with Crippen molar-refractivity contribution in [3.8, 4) is 0 Å². The first-order chi connectivity index (χ1) is 11.8. The molecule has 2 atom stereocenters. The second-order valence-electron chi connectivity index (χ2n) is 5.52. The maximum atomic E-state index is 12.4. The van der Waals surface area contributed by atoms with Crippen molar-refractivity contribution in [2.45, 2.75) is 19.0 Å². The number of hydrogen-bond donors (Lipinski definition) is 2. The van der Waals surface area contributed by atoms with Crippen LogP contribution in [-0.2, 0) is 9.53 Å². The zero-order valence-electron chi connectivity index (χ0n) is 13.8. The van der Waals surface area contributed by atoms with Gasteiger partial charge in [0.15, 0.2) is 0 Å². The van der Waals surface area contributed by atoms with Crippen molar-refractivity contribution in [1.29, 1.82) is 0 Å². The topological polar surface area (TPSA) is 81.4 Å². The Morgan fingerprint density at radius 2 is 1.60 bits per heavy atom.